The van der Waals surface area contributed by atoms with Gasteiger partial charge in [-0.15, -0.1) is 0 Å². The number of rotatable bonds is 6. The Morgan fingerprint density at radius 3 is 3.05 bits per heavy atom. The summed E-state index contributed by atoms with van der Waals surface area (Å²) >= 11 is 0. The molecule has 1 aliphatic heterocycles. The number of amides is 1. The van der Waals surface area contributed by atoms with E-state index >= 15 is 0 Å². The Morgan fingerprint density at radius 2 is 2.29 bits per heavy atom. The quantitative estimate of drug-likeness (QED) is 0.833. The van der Waals surface area contributed by atoms with E-state index in [4.69, 9.17) is 9.47 Å². The van der Waals surface area contributed by atoms with Crippen LogP contribution in [0.2, 0.25) is 0 Å². The first-order valence-corrected chi connectivity index (χ1v) is 7.24. The number of para-hydroxylation sites is 1. The summed E-state index contributed by atoms with van der Waals surface area (Å²) in [7, 11) is 1.59. The highest BCUT2D eigenvalue weighted by molar-refractivity contribution is 5.84. The Labute approximate surface area is 125 Å². The number of carbonyl (C=O) groups excluding carboxylic acids is 1. The summed E-state index contributed by atoms with van der Waals surface area (Å²) in [5, 5.41) is 13.0. The molecular weight excluding hydrogens is 270 g/mol. The molecular formula is C16H23NO4. The number of aliphatic hydroxyl groups is 1. The van der Waals surface area contributed by atoms with Crippen molar-refractivity contribution in [1.29, 1.82) is 0 Å². The molecule has 0 aromatic heterocycles. The number of ether oxygens (including phenoxy) is 2. The molecule has 1 heterocycles. The van der Waals surface area contributed by atoms with Crippen molar-refractivity contribution in [3.05, 3.63) is 29.8 Å². The summed E-state index contributed by atoms with van der Waals surface area (Å²) < 4.78 is 10.5. The summed E-state index contributed by atoms with van der Waals surface area (Å²) in [5.74, 6) is 0.492. The predicted octanol–water partition coefficient (Wildman–Crippen LogP) is 1.46. The summed E-state index contributed by atoms with van der Waals surface area (Å²) in [6.45, 7) is 2.91. The standard InChI is InChI=1S/C16H23NO4/c1-16(19,8-10-20-2)11-17-15(18)13-7-9-21-14-6-4-3-5-12(13)14/h3-6,13,19H,7-11H2,1-2H3,(H,17,18). The highest BCUT2D eigenvalue weighted by Crippen LogP contribution is 2.33. The minimum absolute atomic E-state index is 0.0663. The molecule has 0 spiro atoms. The second-order valence-electron chi connectivity index (χ2n) is 5.69. The second-order valence-corrected chi connectivity index (χ2v) is 5.69. The molecule has 21 heavy (non-hydrogen) atoms. The molecule has 2 N–H and O–H groups in total. The van der Waals surface area contributed by atoms with E-state index in [1.807, 2.05) is 24.3 Å². The summed E-state index contributed by atoms with van der Waals surface area (Å²) in [6, 6.07) is 7.60. The topological polar surface area (TPSA) is 67.8 Å². The van der Waals surface area contributed by atoms with Crippen molar-refractivity contribution in [2.45, 2.75) is 31.3 Å². The van der Waals surface area contributed by atoms with Crippen LogP contribution in [-0.4, -0.2) is 43.5 Å². The van der Waals surface area contributed by atoms with E-state index in [1.54, 1.807) is 14.0 Å². The average molecular weight is 293 g/mol. The first kappa shape index (κ1) is 15.8. The molecule has 1 aromatic rings. The van der Waals surface area contributed by atoms with Gasteiger partial charge in [-0.1, -0.05) is 18.2 Å². The number of carbonyl (C=O) groups is 1. The van der Waals surface area contributed by atoms with Crippen molar-refractivity contribution in [2.24, 2.45) is 0 Å². The van der Waals surface area contributed by atoms with Gasteiger partial charge in [-0.25, -0.2) is 0 Å². The lowest BCUT2D eigenvalue weighted by Crippen LogP contribution is -2.43. The monoisotopic (exact) mass is 293 g/mol. The molecule has 1 amide bonds. The SMILES string of the molecule is COCCC(C)(O)CNC(=O)C1CCOc2ccccc21. The highest BCUT2D eigenvalue weighted by atomic mass is 16.5. The van der Waals surface area contributed by atoms with Crippen LogP contribution in [-0.2, 0) is 9.53 Å². The Bertz CT molecular complexity index is 487. The van der Waals surface area contributed by atoms with Gasteiger partial charge in [0.05, 0.1) is 18.1 Å². The minimum Gasteiger partial charge on any atom is -0.493 e. The van der Waals surface area contributed by atoms with E-state index in [0.29, 0.717) is 26.1 Å². The van der Waals surface area contributed by atoms with Crippen molar-refractivity contribution in [2.75, 3.05) is 26.9 Å². The van der Waals surface area contributed by atoms with Crippen LogP contribution in [0.15, 0.2) is 24.3 Å². The lowest BCUT2D eigenvalue weighted by molar-refractivity contribution is -0.124. The molecule has 1 aliphatic rings. The molecule has 5 heteroatoms. The molecule has 0 saturated carbocycles. The van der Waals surface area contributed by atoms with E-state index in [2.05, 4.69) is 5.32 Å². The van der Waals surface area contributed by atoms with Gasteiger partial charge in [0.25, 0.3) is 0 Å². The van der Waals surface area contributed by atoms with Crippen molar-refractivity contribution in [1.82, 2.24) is 5.32 Å². The van der Waals surface area contributed by atoms with E-state index in [0.717, 1.165) is 11.3 Å². The second kappa shape index (κ2) is 6.91. The van der Waals surface area contributed by atoms with Gasteiger partial charge in [0, 0.05) is 32.2 Å². The Kier molecular flexibility index (Phi) is 5.20. The molecule has 0 fully saturated rings. The maximum atomic E-state index is 12.4. The van der Waals surface area contributed by atoms with Gasteiger partial charge in [0.15, 0.2) is 0 Å². The molecule has 0 radical (unpaired) electrons. The molecule has 5 nitrogen and oxygen atoms in total. The largest absolute Gasteiger partial charge is 0.493 e. The normalized spacial score (nSPS) is 20.0. The predicted molar refractivity (Wildman–Crippen MR) is 79.4 cm³/mol. The fourth-order valence-electron chi connectivity index (χ4n) is 2.43. The zero-order chi connectivity index (χ0) is 15.3. The van der Waals surface area contributed by atoms with E-state index < -0.39 is 5.60 Å². The number of hydrogen-bond donors (Lipinski definition) is 2. The van der Waals surface area contributed by atoms with Crippen molar-refractivity contribution < 1.29 is 19.4 Å². The van der Waals surface area contributed by atoms with Gasteiger partial charge in [-0.2, -0.15) is 0 Å². The fraction of sp³-hybridized carbons (Fsp3) is 0.562. The molecule has 0 bridgehead atoms. The van der Waals surface area contributed by atoms with E-state index in [1.165, 1.54) is 0 Å². The lowest BCUT2D eigenvalue weighted by Gasteiger charge is -2.28. The van der Waals surface area contributed by atoms with E-state index in [-0.39, 0.29) is 18.4 Å². The number of hydrogen-bond acceptors (Lipinski definition) is 4. The molecule has 2 atom stereocenters. The van der Waals surface area contributed by atoms with Gasteiger partial charge in [-0.3, -0.25) is 4.79 Å². The highest BCUT2D eigenvalue weighted by Gasteiger charge is 2.29. The molecule has 0 aliphatic carbocycles. The first-order valence-electron chi connectivity index (χ1n) is 7.24. The van der Waals surface area contributed by atoms with Crippen LogP contribution in [0.4, 0.5) is 0 Å². The van der Waals surface area contributed by atoms with Crippen LogP contribution in [0.3, 0.4) is 0 Å². The number of fused-ring (bicyclic) bond motifs is 1. The summed E-state index contributed by atoms with van der Waals surface area (Å²) in [4.78, 5) is 12.4. The average Bonchev–Trinajstić information content (AvgIpc) is 2.50. The zero-order valence-electron chi connectivity index (χ0n) is 12.6. The van der Waals surface area contributed by atoms with Crippen LogP contribution in [0, 0.1) is 0 Å². The molecule has 1 aromatic carbocycles. The summed E-state index contributed by atoms with van der Waals surface area (Å²) in [5.41, 5.74) is -0.0473. The Balaban J connectivity index is 1.96. The van der Waals surface area contributed by atoms with Gasteiger partial charge in [-0.05, 0) is 19.4 Å². The first-order chi connectivity index (χ1) is 10.0. The fourth-order valence-corrected chi connectivity index (χ4v) is 2.43. The Morgan fingerprint density at radius 1 is 1.52 bits per heavy atom. The minimum atomic E-state index is -0.962. The molecule has 2 unspecified atom stereocenters. The Hall–Kier alpha value is -1.59. The maximum Gasteiger partial charge on any atom is 0.227 e. The van der Waals surface area contributed by atoms with Gasteiger partial charge >= 0.3 is 0 Å². The van der Waals surface area contributed by atoms with Gasteiger partial charge < -0.3 is 19.9 Å². The van der Waals surface area contributed by atoms with Crippen molar-refractivity contribution in [3.8, 4) is 5.75 Å². The van der Waals surface area contributed by atoms with Crippen LogP contribution in [0.1, 0.15) is 31.2 Å². The van der Waals surface area contributed by atoms with Crippen molar-refractivity contribution >= 4 is 5.91 Å². The van der Waals surface area contributed by atoms with Gasteiger partial charge in [0.2, 0.25) is 5.91 Å². The smallest absolute Gasteiger partial charge is 0.227 e. The van der Waals surface area contributed by atoms with Crippen LogP contribution >= 0.6 is 0 Å². The number of methoxy groups -OCH3 is 1. The van der Waals surface area contributed by atoms with E-state index in [9.17, 15) is 9.90 Å². The zero-order valence-corrected chi connectivity index (χ0v) is 12.6. The lowest BCUT2D eigenvalue weighted by atomic mass is 9.92. The summed E-state index contributed by atoms with van der Waals surface area (Å²) in [6.07, 6.45) is 1.14. The number of nitrogens with one attached hydrogen (secondary N) is 1. The molecule has 0 saturated heterocycles. The van der Waals surface area contributed by atoms with Crippen molar-refractivity contribution in [3.63, 3.8) is 0 Å². The van der Waals surface area contributed by atoms with Crippen LogP contribution < -0.4 is 10.1 Å². The van der Waals surface area contributed by atoms with Gasteiger partial charge in [0.1, 0.15) is 5.75 Å². The third-order valence-corrected chi connectivity index (χ3v) is 3.76. The molecule has 116 valence electrons. The van der Waals surface area contributed by atoms with Crippen LogP contribution in [0.25, 0.3) is 0 Å². The van der Waals surface area contributed by atoms with Crippen LogP contribution in [0.5, 0.6) is 5.75 Å². The number of benzene rings is 1. The third-order valence-electron chi connectivity index (χ3n) is 3.76. The third kappa shape index (κ3) is 4.19. The molecule has 2 rings (SSSR count). The maximum absolute atomic E-state index is 12.4.